The molecule has 0 amide bonds. The van der Waals surface area contributed by atoms with Crippen molar-refractivity contribution in [1.82, 2.24) is 19.8 Å². The van der Waals surface area contributed by atoms with Crippen LogP contribution in [0, 0.1) is 13.8 Å². The summed E-state index contributed by atoms with van der Waals surface area (Å²) in [4.78, 5) is 2.42. The van der Waals surface area contributed by atoms with Crippen LogP contribution in [0.2, 0.25) is 0 Å². The number of nitrogens with zero attached hydrogens (tertiary/aromatic N) is 4. The van der Waals surface area contributed by atoms with Crippen molar-refractivity contribution in [2.45, 2.75) is 46.2 Å². The number of rotatable bonds is 4. The minimum absolute atomic E-state index is 0.484. The number of aromatic nitrogens is 3. The highest BCUT2D eigenvalue weighted by molar-refractivity contribution is 5.09. The summed E-state index contributed by atoms with van der Waals surface area (Å²) < 4.78 is 7.55. The molecule has 1 atom stereocenters. The van der Waals surface area contributed by atoms with Gasteiger partial charge in [-0.3, -0.25) is 9.58 Å². The lowest BCUT2D eigenvalue weighted by molar-refractivity contribution is 0.263. The fourth-order valence-corrected chi connectivity index (χ4v) is 2.99. The van der Waals surface area contributed by atoms with Crippen LogP contribution < -0.4 is 0 Å². The molecular formula is C15H22N4O. The molecule has 0 saturated carbocycles. The van der Waals surface area contributed by atoms with Crippen molar-refractivity contribution < 1.29 is 4.52 Å². The first-order chi connectivity index (χ1) is 9.65. The molecule has 20 heavy (non-hydrogen) atoms. The molecule has 1 unspecified atom stereocenters. The van der Waals surface area contributed by atoms with Gasteiger partial charge in [0, 0.05) is 24.8 Å². The molecule has 0 bridgehead atoms. The summed E-state index contributed by atoms with van der Waals surface area (Å²) in [6, 6.07) is 4.70. The molecule has 1 aliphatic heterocycles. The van der Waals surface area contributed by atoms with Gasteiger partial charge in [0.2, 0.25) is 0 Å². The summed E-state index contributed by atoms with van der Waals surface area (Å²) in [6.45, 7) is 9.25. The van der Waals surface area contributed by atoms with E-state index in [2.05, 4.69) is 52.7 Å². The predicted octanol–water partition coefficient (Wildman–Crippen LogP) is 2.50. The van der Waals surface area contributed by atoms with Crippen molar-refractivity contribution in [3.63, 3.8) is 0 Å². The first-order valence-corrected chi connectivity index (χ1v) is 7.35. The van der Waals surface area contributed by atoms with Crippen LogP contribution in [0.15, 0.2) is 16.7 Å². The van der Waals surface area contributed by atoms with Crippen LogP contribution in [0.5, 0.6) is 0 Å². The molecule has 0 aliphatic carbocycles. The van der Waals surface area contributed by atoms with E-state index < -0.39 is 0 Å². The second kappa shape index (κ2) is 5.40. The molecule has 108 valence electrons. The zero-order valence-corrected chi connectivity index (χ0v) is 12.5. The first-order valence-electron chi connectivity index (χ1n) is 7.35. The van der Waals surface area contributed by atoms with Gasteiger partial charge >= 0.3 is 0 Å². The van der Waals surface area contributed by atoms with Crippen LogP contribution in [0.25, 0.3) is 0 Å². The van der Waals surface area contributed by atoms with Crippen molar-refractivity contribution in [1.29, 1.82) is 0 Å². The summed E-state index contributed by atoms with van der Waals surface area (Å²) in [7, 11) is 0. The quantitative estimate of drug-likeness (QED) is 0.859. The van der Waals surface area contributed by atoms with E-state index in [0.717, 1.165) is 49.6 Å². The number of likely N-dealkylation sites (tertiary alicyclic amines) is 1. The van der Waals surface area contributed by atoms with E-state index in [1.165, 1.54) is 5.69 Å². The third-order valence-corrected chi connectivity index (χ3v) is 3.99. The van der Waals surface area contributed by atoms with Crippen molar-refractivity contribution >= 4 is 0 Å². The molecule has 3 heterocycles. The zero-order chi connectivity index (χ0) is 14.1. The van der Waals surface area contributed by atoms with Gasteiger partial charge in [0.1, 0.15) is 0 Å². The number of hydrogen-bond donors (Lipinski definition) is 0. The average Bonchev–Trinajstić information content (AvgIpc) is 3.11. The van der Waals surface area contributed by atoms with E-state index in [-0.39, 0.29) is 0 Å². The largest absolute Gasteiger partial charge is 0.360 e. The van der Waals surface area contributed by atoms with E-state index in [9.17, 15) is 0 Å². The minimum Gasteiger partial charge on any atom is -0.360 e. The Hall–Kier alpha value is -1.62. The summed E-state index contributed by atoms with van der Waals surface area (Å²) in [6.07, 6.45) is 2.08. The highest BCUT2D eigenvalue weighted by Gasteiger charge is 2.26. The molecule has 2 aromatic rings. The average molecular weight is 274 g/mol. The zero-order valence-electron chi connectivity index (χ0n) is 12.5. The van der Waals surface area contributed by atoms with Crippen LogP contribution in [-0.4, -0.2) is 32.9 Å². The molecule has 0 radical (unpaired) electrons. The van der Waals surface area contributed by atoms with Gasteiger partial charge in [0.25, 0.3) is 0 Å². The van der Waals surface area contributed by atoms with Gasteiger partial charge in [-0.25, -0.2) is 0 Å². The van der Waals surface area contributed by atoms with Gasteiger partial charge in [-0.15, -0.1) is 0 Å². The summed E-state index contributed by atoms with van der Waals surface area (Å²) in [5.74, 6) is 0.968. The lowest BCUT2D eigenvalue weighted by Crippen LogP contribution is -2.21. The van der Waals surface area contributed by atoms with Gasteiger partial charge in [-0.05, 0) is 32.8 Å². The monoisotopic (exact) mass is 274 g/mol. The Labute approximate surface area is 119 Å². The summed E-state index contributed by atoms with van der Waals surface area (Å²) in [5.41, 5.74) is 3.39. The molecule has 1 saturated heterocycles. The molecular weight excluding hydrogens is 252 g/mol. The van der Waals surface area contributed by atoms with Crippen molar-refractivity contribution in [3.8, 4) is 0 Å². The fourth-order valence-electron chi connectivity index (χ4n) is 2.99. The van der Waals surface area contributed by atoms with Gasteiger partial charge in [-0.1, -0.05) is 12.1 Å². The fraction of sp³-hybridized carbons (Fsp3) is 0.600. The highest BCUT2D eigenvalue weighted by Crippen LogP contribution is 2.24. The smallest absolute Gasteiger partial charge is 0.150 e. The molecule has 1 fully saturated rings. The molecule has 5 nitrogen and oxygen atoms in total. The van der Waals surface area contributed by atoms with Crippen molar-refractivity contribution in [2.75, 3.05) is 13.1 Å². The molecule has 3 rings (SSSR count). The molecule has 0 aromatic carbocycles. The lowest BCUT2D eigenvalue weighted by atomic mass is 10.2. The molecule has 0 N–H and O–H groups in total. The Morgan fingerprint density at radius 1 is 1.35 bits per heavy atom. The number of aryl methyl sites for hydroxylation is 3. The van der Waals surface area contributed by atoms with Crippen molar-refractivity contribution in [2.24, 2.45) is 0 Å². The second-order valence-corrected chi connectivity index (χ2v) is 5.69. The Morgan fingerprint density at radius 3 is 2.85 bits per heavy atom. The van der Waals surface area contributed by atoms with E-state index in [4.69, 9.17) is 4.52 Å². The second-order valence-electron chi connectivity index (χ2n) is 5.69. The van der Waals surface area contributed by atoms with E-state index in [0.29, 0.717) is 6.04 Å². The minimum atomic E-state index is 0.484. The molecule has 0 spiro atoms. The molecule has 2 aromatic heterocycles. The highest BCUT2D eigenvalue weighted by atomic mass is 16.5. The molecule has 1 aliphatic rings. The topological polar surface area (TPSA) is 47.1 Å². The van der Waals surface area contributed by atoms with Crippen LogP contribution in [-0.2, 0) is 13.0 Å². The van der Waals surface area contributed by atoms with Gasteiger partial charge in [0.15, 0.2) is 5.76 Å². The SMILES string of the molecule is CCc1cc(CN2CCC(n3nc(C)cc3C)C2)on1. The Bertz CT molecular complexity index is 586. The maximum atomic E-state index is 5.37. The third kappa shape index (κ3) is 2.63. The van der Waals surface area contributed by atoms with Crippen molar-refractivity contribution in [3.05, 3.63) is 35.0 Å². The van der Waals surface area contributed by atoms with Gasteiger partial charge < -0.3 is 4.52 Å². The predicted molar refractivity (Wildman–Crippen MR) is 76.5 cm³/mol. The Balaban J connectivity index is 1.63. The normalized spacial score (nSPS) is 19.9. The maximum Gasteiger partial charge on any atom is 0.150 e. The van der Waals surface area contributed by atoms with Crippen LogP contribution in [0.1, 0.15) is 42.2 Å². The Morgan fingerprint density at radius 2 is 2.20 bits per heavy atom. The summed E-state index contributed by atoms with van der Waals surface area (Å²) in [5, 5.41) is 8.66. The lowest BCUT2D eigenvalue weighted by Gasteiger charge is -2.15. The van der Waals surface area contributed by atoms with Crippen LogP contribution in [0.3, 0.4) is 0 Å². The maximum absolute atomic E-state index is 5.37. The summed E-state index contributed by atoms with van der Waals surface area (Å²) >= 11 is 0. The molecule has 5 heteroatoms. The Kier molecular flexibility index (Phi) is 3.61. The van der Waals surface area contributed by atoms with Gasteiger partial charge in [-0.2, -0.15) is 5.10 Å². The van der Waals surface area contributed by atoms with Crippen LogP contribution in [0.4, 0.5) is 0 Å². The van der Waals surface area contributed by atoms with Crippen LogP contribution >= 0.6 is 0 Å². The third-order valence-electron chi connectivity index (χ3n) is 3.99. The van der Waals surface area contributed by atoms with E-state index in [1.54, 1.807) is 0 Å². The van der Waals surface area contributed by atoms with E-state index in [1.807, 2.05) is 0 Å². The van der Waals surface area contributed by atoms with Gasteiger partial charge in [0.05, 0.1) is 24.0 Å². The first kappa shape index (κ1) is 13.4. The number of hydrogen-bond acceptors (Lipinski definition) is 4. The standard InChI is InChI=1S/C15H22N4O/c1-4-13-8-15(20-17-13)10-18-6-5-14(9-18)19-12(3)7-11(2)16-19/h7-8,14H,4-6,9-10H2,1-3H3. The van der Waals surface area contributed by atoms with E-state index >= 15 is 0 Å².